The van der Waals surface area contributed by atoms with E-state index in [1.54, 1.807) is 13.8 Å². The smallest absolute Gasteiger partial charge is 0.379 e. The summed E-state index contributed by atoms with van der Waals surface area (Å²) >= 11 is 3.08. The van der Waals surface area contributed by atoms with Crippen molar-refractivity contribution in [3.05, 3.63) is 27.7 Å². The third kappa shape index (κ3) is 2.61. The second-order valence-corrected chi connectivity index (χ2v) is 4.02. The van der Waals surface area contributed by atoms with Crippen LogP contribution in [0.5, 0.6) is 5.75 Å². The summed E-state index contributed by atoms with van der Waals surface area (Å²) in [4.78, 5) is 22.9. The van der Waals surface area contributed by atoms with E-state index < -0.39 is 11.8 Å². The molecule has 5 heteroatoms. The van der Waals surface area contributed by atoms with Gasteiger partial charge in [-0.25, -0.2) is 4.79 Å². The average Bonchev–Trinajstić information content (AvgIpc) is 2.23. The normalized spacial score (nSPS) is 9.94. The van der Waals surface area contributed by atoms with Crippen molar-refractivity contribution in [2.75, 3.05) is 6.61 Å². The van der Waals surface area contributed by atoms with Crippen LogP contribution in [-0.2, 0) is 9.53 Å². The highest BCUT2D eigenvalue weighted by Crippen LogP contribution is 2.27. The quantitative estimate of drug-likeness (QED) is 0.526. The molecule has 86 valence electrons. The Hall–Kier alpha value is -1.36. The van der Waals surface area contributed by atoms with Crippen LogP contribution in [0.4, 0.5) is 0 Å². The largest absolute Gasteiger partial charge is 0.507 e. The zero-order chi connectivity index (χ0) is 12.3. The summed E-state index contributed by atoms with van der Waals surface area (Å²) in [5.41, 5.74) is 0.752. The van der Waals surface area contributed by atoms with Gasteiger partial charge >= 0.3 is 5.97 Å². The SMILES string of the molecule is CCOC(=O)C(=O)c1cc(Br)c(O)cc1C. The molecule has 0 bridgehead atoms. The van der Waals surface area contributed by atoms with Crippen molar-refractivity contribution in [2.24, 2.45) is 0 Å². The Kier molecular flexibility index (Phi) is 4.06. The summed E-state index contributed by atoms with van der Waals surface area (Å²) < 4.78 is 4.98. The van der Waals surface area contributed by atoms with Crippen LogP contribution in [0.1, 0.15) is 22.8 Å². The fourth-order valence-electron chi connectivity index (χ4n) is 1.22. The van der Waals surface area contributed by atoms with E-state index >= 15 is 0 Å². The van der Waals surface area contributed by atoms with Gasteiger partial charge in [-0.3, -0.25) is 4.79 Å². The maximum atomic E-state index is 11.6. The summed E-state index contributed by atoms with van der Waals surface area (Å²) in [6.45, 7) is 3.42. The zero-order valence-corrected chi connectivity index (χ0v) is 10.5. The van der Waals surface area contributed by atoms with Crippen LogP contribution in [0, 0.1) is 6.92 Å². The van der Waals surface area contributed by atoms with Gasteiger partial charge in [0.2, 0.25) is 0 Å². The van der Waals surface area contributed by atoms with Gasteiger partial charge < -0.3 is 9.84 Å². The third-order valence-corrected chi connectivity index (χ3v) is 2.63. The van der Waals surface area contributed by atoms with Crippen LogP contribution in [-0.4, -0.2) is 23.5 Å². The fraction of sp³-hybridized carbons (Fsp3) is 0.273. The van der Waals surface area contributed by atoms with Gasteiger partial charge in [-0.15, -0.1) is 0 Å². The monoisotopic (exact) mass is 286 g/mol. The molecule has 0 aromatic heterocycles. The Morgan fingerprint density at radius 2 is 2.06 bits per heavy atom. The lowest BCUT2D eigenvalue weighted by atomic mass is 10.0. The molecule has 0 aliphatic carbocycles. The average molecular weight is 287 g/mol. The number of phenolic OH excluding ortho intramolecular Hbond substituents is 1. The summed E-state index contributed by atoms with van der Waals surface area (Å²) in [7, 11) is 0. The van der Waals surface area contributed by atoms with Crippen LogP contribution in [0.25, 0.3) is 0 Å². The van der Waals surface area contributed by atoms with Gasteiger partial charge in [0.1, 0.15) is 5.75 Å². The number of Topliss-reactive ketones (excluding diaryl/α,β-unsaturated/α-hetero) is 1. The fourth-order valence-corrected chi connectivity index (χ4v) is 1.56. The first kappa shape index (κ1) is 12.7. The number of ether oxygens (including phenoxy) is 1. The number of rotatable bonds is 3. The second kappa shape index (κ2) is 5.12. The van der Waals surface area contributed by atoms with Crippen LogP contribution >= 0.6 is 15.9 Å². The third-order valence-electron chi connectivity index (χ3n) is 2.00. The highest BCUT2D eigenvalue weighted by Gasteiger charge is 2.20. The highest BCUT2D eigenvalue weighted by molar-refractivity contribution is 9.10. The topological polar surface area (TPSA) is 63.6 Å². The molecule has 0 spiro atoms. The number of carbonyl (C=O) groups is 2. The van der Waals surface area contributed by atoms with E-state index in [2.05, 4.69) is 20.7 Å². The number of hydrogen-bond acceptors (Lipinski definition) is 4. The Bertz CT molecular complexity index is 440. The number of halogens is 1. The molecule has 0 atom stereocenters. The lowest BCUT2D eigenvalue weighted by Crippen LogP contribution is -2.18. The molecule has 16 heavy (non-hydrogen) atoms. The molecule has 1 aromatic carbocycles. The molecular formula is C11H11BrO4. The summed E-state index contributed by atoms with van der Waals surface area (Å²) in [5, 5.41) is 9.37. The minimum Gasteiger partial charge on any atom is -0.507 e. The van der Waals surface area contributed by atoms with E-state index in [9.17, 15) is 14.7 Å². The van der Waals surface area contributed by atoms with Crippen LogP contribution in [0.3, 0.4) is 0 Å². The number of ketones is 1. The van der Waals surface area contributed by atoms with E-state index in [4.69, 9.17) is 0 Å². The van der Waals surface area contributed by atoms with Crippen molar-refractivity contribution >= 4 is 27.7 Å². The lowest BCUT2D eigenvalue weighted by molar-refractivity contribution is -0.137. The predicted octanol–water partition coefficient (Wildman–Crippen LogP) is 2.21. The van der Waals surface area contributed by atoms with Crippen LogP contribution in [0.15, 0.2) is 16.6 Å². The van der Waals surface area contributed by atoms with Crippen molar-refractivity contribution in [2.45, 2.75) is 13.8 Å². The molecule has 4 nitrogen and oxygen atoms in total. The molecule has 0 saturated carbocycles. The Balaban J connectivity index is 3.09. The van der Waals surface area contributed by atoms with E-state index in [1.165, 1.54) is 12.1 Å². The molecule has 0 aliphatic rings. The molecular weight excluding hydrogens is 276 g/mol. The van der Waals surface area contributed by atoms with E-state index in [0.29, 0.717) is 10.0 Å². The minimum atomic E-state index is -0.886. The lowest BCUT2D eigenvalue weighted by Gasteiger charge is -2.06. The van der Waals surface area contributed by atoms with Gasteiger partial charge in [0.25, 0.3) is 5.78 Å². The van der Waals surface area contributed by atoms with Gasteiger partial charge in [0.15, 0.2) is 0 Å². The Morgan fingerprint density at radius 1 is 1.44 bits per heavy atom. The van der Waals surface area contributed by atoms with E-state index in [-0.39, 0.29) is 17.9 Å². The maximum Gasteiger partial charge on any atom is 0.379 e. The second-order valence-electron chi connectivity index (χ2n) is 3.17. The van der Waals surface area contributed by atoms with E-state index in [1.807, 2.05) is 0 Å². The van der Waals surface area contributed by atoms with Crippen molar-refractivity contribution in [1.29, 1.82) is 0 Å². The van der Waals surface area contributed by atoms with Crippen molar-refractivity contribution in [3.8, 4) is 5.75 Å². The number of benzene rings is 1. The van der Waals surface area contributed by atoms with Crippen molar-refractivity contribution in [1.82, 2.24) is 0 Å². The van der Waals surface area contributed by atoms with Gasteiger partial charge in [0, 0.05) is 5.56 Å². The molecule has 0 unspecified atom stereocenters. The Labute approximate surface area is 101 Å². The van der Waals surface area contributed by atoms with Crippen molar-refractivity contribution < 1.29 is 19.4 Å². The summed E-state index contributed by atoms with van der Waals surface area (Å²) in [6, 6.07) is 2.82. The van der Waals surface area contributed by atoms with E-state index in [0.717, 1.165) is 0 Å². The van der Waals surface area contributed by atoms with Crippen LogP contribution in [0.2, 0.25) is 0 Å². The number of aromatic hydroxyl groups is 1. The van der Waals surface area contributed by atoms with Crippen molar-refractivity contribution in [3.63, 3.8) is 0 Å². The molecule has 1 aromatic rings. The van der Waals surface area contributed by atoms with Crippen LogP contribution < -0.4 is 0 Å². The molecule has 1 rings (SSSR count). The van der Waals surface area contributed by atoms with Gasteiger partial charge in [-0.1, -0.05) is 0 Å². The number of hydrogen-bond donors (Lipinski definition) is 1. The molecule has 0 radical (unpaired) electrons. The number of aryl methyl sites for hydroxylation is 1. The molecule has 0 fully saturated rings. The standard InChI is InChI=1S/C11H11BrO4/c1-3-16-11(15)10(14)7-5-8(12)9(13)4-6(7)2/h4-5,13H,3H2,1-2H3. The highest BCUT2D eigenvalue weighted by atomic mass is 79.9. The first-order chi connectivity index (χ1) is 7.47. The first-order valence-electron chi connectivity index (χ1n) is 4.68. The van der Waals surface area contributed by atoms with Gasteiger partial charge in [-0.05, 0) is 47.5 Å². The molecule has 1 N–H and O–H groups in total. The van der Waals surface area contributed by atoms with Gasteiger partial charge in [0.05, 0.1) is 11.1 Å². The Morgan fingerprint density at radius 3 is 2.62 bits per heavy atom. The van der Waals surface area contributed by atoms with Gasteiger partial charge in [-0.2, -0.15) is 0 Å². The number of phenols is 1. The predicted molar refractivity (Wildman–Crippen MR) is 61.5 cm³/mol. The zero-order valence-electron chi connectivity index (χ0n) is 8.91. The minimum absolute atomic E-state index is 0.0258. The summed E-state index contributed by atoms with van der Waals surface area (Å²) in [6.07, 6.45) is 0. The number of carbonyl (C=O) groups excluding carboxylic acids is 2. The number of esters is 1. The maximum absolute atomic E-state index is 11.6. The first-order valence-corrected chi connectivity index (χ1v) is 5.47. The molecule has 0 heterocycles. The molecule has 0 aliphatic heterocycles. The molecule has 0 saturated heterocycles. The molecule has 0 amide bonds. The summed E-state index contributed by atoms with van der Waals surface area (Å²) in [5.74, 6) is -1.57.